The topological polar surface area (TPSA) is 80.3 Å². The van der Waals surface area contributed by atoms with Crippen molar-refractivity contribution >= 4 is 22.8 Å². The molecule has 7 nitrogen and oxygen atoms in total. The summed E-state index contributed by atoms with van der Waals surface area (Å²) in [5.74, 6) is 1.16. The molecule has 0 saturated carbocycles. The molecule has 0 unspecified atom stereocenters. The first-order valence-corrected chi connectivity index (χ1v) is 9.47. The smallest absolute Gasteiger partial charge is 0.337 e. The molecule has 0 bridgehead atoms. The van der Waals surface area contributed by atoms with Crippen LogP contribution < -0.4 is 4.90 Å². The Bertz CT molecular complexity index is 979. The van der Waals surface area contributed by atoms with Crippen LogP contribution in [0.3, 0.4) is 0 Å². The largest absolute Gasteiger partial charge is 0.465 e. The molecule has 0 radical (unpaired) electrons. The van der Waals surface area contributed by atoms with E-state index in [1.807, 2.05) is 24.3 Å². The van der Waals surface area contributed by atoms with Crippen molar-refractivity contribution in [3.8, 4) is 11.3 Å². The third-order valence-corrected chi connectivity index (χ3v) is 5.23. The van der Waals surface area contributed by atoms with Crippen LogP contribution in [0.1, 0.15) is 23.2 Å². The highest BCUT2D eigenvalue weighted by atomic mass is 16.5. The van der Waals surface area contributed by atoms with E-state index >= 15 is 0 Å². The Balaban J connectivity index is 1.64. The van der Waals surface area contributed by atoms with Gasteiger partial charge in [0.05, 0.1) is 18.1 Å². The van der Waals surface area contributed by atoms with Gasteiger partial charge in [-0.25, -0.2) is 14.8 Å². The number of carbonyl (C=O) groups is 1. The lowest BCUT2D eigenvalue weighted by Crippen LogP contribution is -2.30. The summed E-state index contributed by atoms with van der Waals surface area (Å²) in [6.07, 6.45) is 3.75. The molecule has 3 aromatic rings. The molecule has 1 fully saturated rings. The van der Waals surface area contributed by atoms with Crippen LogP contribution in [-0.4, -0.2) is 54.8 Å². The second-order valence-electron chi connectivity index (χ2n) is 7.15. The quantitative estimate of drug-likeness (QED) is 0.684. The third kappa shape index (κ3) is 3.71. The fraction of sp³-hybridized carbons (Fsp3) is 0.381. The van der Waals surface area contributed by atoms with E-state index in [-0.39, 0.29) is 5.97 Å². The summed E-state index contributed by atoms with van der Waals surface area (Å²) in [4.78, 5) is 26.3. The molecule has 146 valence electrons. The number of anilines is 1. The number of aromatic amines is 1. The summed E-state index contributed by atoms with van der Waals surface area (Å²) in [6, 6.07) is 9.40. The molecule has 1 aliphatic rings. The van der Waals surface area contributed by atoms with Crippen molar-refractivity contribution in [1.29, 1.82) is 0 Å². The van der Waals surface area contributed by atoms with Gasteiger partial charge in [-0.15, -0.1) is 0 Å². The molecular formula is C21H24N4O3. The highest BCUT2D eigenvalue weighted by Crippen LogP contribution is 2.29. The van der Waals surface area contributed by atoms with Gasteiger partial charge in [-0.2, -0.15) is 0 Å². The van der Waals surface area contributed by atoms with Gasteiger partial charge in [-0.3, -0.25) is 0 Å². The van der Waals surface area contributed by atoms with Crippen molar-refractivity contribution in [3.63, 3.8) is 0 Å². The first-order valence-electron chi connectivity index (χ1n) is 9.47. The number of ether oxygens (including phenoxy) is 2. The summed E-state index contributed by atoms with van der Waals surface area (Å²) in [6.45, 7) is 2.61. The summed E-state index contributed by atoms with van der Waals surface area (Å²) in [5.41, 5.74) is 3.09. The average molecular weight is 380 g/mol. The van der Waals surface area contributed by atoms with Crippen molar-refractivity contribution in [1.82, 2.24) is 15.0 Å². The minimum Gasteiger partial charge on any atom is -0.465 e. The number of fused-ring (bicyclic) bond motifs is 1. The molecular weight excluding hydrogens is 356 g/mol. The fourth-order valence-electron chi connectivity index (χ4n) is 3.72. The van der Waals surface area contributed by atoms with E-state index in [1.165, 1.54) is 7.11 Å². The molecule has 0 amide bonds. The molecule has 2 aromatic heterocycles. The van der Waals surface area contributed by atoms with Crippen LogP contribution in [-0.2, 0) is 9.47 Å². The van der Waals surface area contributed by atoms with Gasteiger partial charge in [-0.05, 0) is 42.5 Å². The van der Waals surface area contributed by atoms with Crippen LogP contribution in [0.4, 0.5) is 5.82 Å². The molecule has 4 rings (SSSR count). The second-order valence-corrected chi connectivity index (χ2v) is 7.15. The summed E-state index contributed by atoms with van der Waals surface area (Å²) in [5, 5.41) is 0.968. The standard InChI is InChI=1S/C21H24N4O3/c1-25(12-14-6-8-28-9-7-14)20-17-11-18(24-19(17)22-13-23-20)15-4-3-5-16(10-15)21(26)27-2/h3-5,10-11,13-14H,6-9,12H2,1-2H3,(H,22,23,24). The first-order chi connectivity index (χ1) is 13.7. The normalized spacial score (nSPS) is 14.9. The predicted octanol–water partition coefficient (Wildman–Crippen LogP) is 3.27. The van der Waals surface area contributed by atoms with Crippen molar-refractivity contribution in [2.24, 2.45) is 5.92 Å². The number of carbonyl (C=O) groups excluding carboxylic acids is 1. The number of H-pyrrole nitrogens is 1. The van der Waals surface area contributed by atoms with Crippen LogP contribution in [0.5, 0.6) is 0 Å². The van der Waals surface area contributed by atoms with Crippen molar-refractivity contribution in [3.05, 3.63) is 42.2 Å². The average Bonchev–Trinajstić information content (AvgIpc) is 3.18. The van der Waals surface area contributed by atoms with E-state index in [0.717, 1.165) is 60.7 Å². The zero-order valence-corrected chi connectivity index (χ0v) is 16.1. The second kappa shape index (κ2) is 7.98. The third-order valence-electron chi connectivity index (χ3n) is 5.23. The van der Waals surface area contributed by atoms with E-state index in [1.54, 1.807) is 12.4 Å². The van der Waals surface area contributed by atoms with E-state index < -0.39 is 0 Å². The molecule has 28 heavy (non-hydrogen) atoms. The van der Waals surface area contributed by atoms with Crippen LogP contribution in [0.25, 0.3) is 22.3 Å². The molecule has 0 aliphatic carbocycles. The number of aromatic nitrogens is 3. The molecule has 1 aliphatic heterocycles. The predicted molar refractivity (Wildman–Crippen MR) is 107 cm³/mol. The minimum absolute atomic E-state index is 0.352. The van der Waals surface area contributed by atoms with E-state index in [0.29, 0.717) is 11.5 Å². The Hall–Kier alpha value is -2.93. The lowest BCUT2D eigenvalue weighted by atomic mass is 10.00. The molecule has 1 aromatic carbocycles. The van der Waals surface area contributed by atoms with Crippen LogP contribution in [0.2, 0.25) is 0 Å². The Kier molecular flexibility index (Phi) is 5.25. The number of benzene rings is 1. The number of hydrogen-bond acceptors (Lipinski definition) is 6. The van der Waals surface area contributed by atoms with E-state index in [9.17, 15) is 4.79 Å². The zero-order chi connectivity index (χ0) is 19.5. The molecule has 1 saturated heterocycles. The van der Waals surface area contributed by atoms with Gasteiger partial charge >= 0.3 is 5.97 Å². The first kappa shape index (κ1) is 18.4. The van der Waals surface area contributed by atoms with Gasteiger partial charge in [-0.1, -0.05) is 12.1 Å². The Labute approximate surface area is 163 Å². The number of hydrogen-bond donors (Lipinski definition) is 1. The number of nitrogens with zero attached hydrogens (tertiary/aromatic N) is 3. The number of rotatable bonds is 5. The maximum atomic E-state index is 11.8. The van der Waals surface area contributed by atoms with Gasteiger partial charge in [0.25, 0.3) is 0 Å². The van der Waals surface area contributed by atoms with Gasteiger partial charge in [0.2, 0.25) is 0 Å². The summed E-state index contributed by atoms with van der Waals surface area (Å²) in [7, 11) is 3.45. The summed E-state index contributed by atoms with van der Waals surface area (Å²) < 4.78 is 10.3. The number of nitrogens with one attached hydrogen (secondary N) is 1. The Morgan fingerprint density at radius 3 is 2.89 bits per heavy atom. The highest BCUT2D eigenvalue weighted by Gasteiger charge is 2.19. The lowest BCUT2D eigenvalue weighted by Gasteiger charge is -2.27. The zero-order valence-electron chi connectivity index (χ0n) is 16.1. The van der Waals surface area contributed by atoms with Crippen molar-refractivity contribution < 1.29 is 14.3 Å². The maximum Gasteiger partial charge on any atom is 0.337 e. The summed E-state index contributed by atoms with van der Waals surface area (Å²) >= 11 is 0. The molecule has 0 atom stereocenters. The van der Waals surface area contributed by atoms with Gasteiger partial charge < -0.3 is 19.4 Å². The van der Waals surface area contributed by atoms with Crippen LogP contribution in [0, 0.1) is 5.92 Å². The number of methoxy groups -OCH3 is 1. The fourth-order valence-corrected chi connectivity index (χ4v) is 3.72. The van der Waals surface area contributed by atoms with E-state index in [2.05, 4.69) is 26.9 Å². The van der Waals surface area contributed by atoms with Gasteiger partial charge in [0.1, 0.15) is 17.8 Å². The van der Waals surface area contributed by atoms with Gasteiger partial charge in [0.15, 0.2) is 0 Å². The Morgan fingerprint density at radius 2 is 2.11 bits per heavy atom. The minimum atomic E-state index is -0.352. The molecule has 3 heterocycles. The maximum absolute atomic E-state index is 11.8. The number of esters is 1. The van der Waals surface area contributed by atoms with Gasteiger partial charge in [0, 0.05) is 32.5 Å². The highest BCUT2D eigenvalue weighted by molar-refractivity contribution is 5.94. The SMILES string of the molecule is COC(=O)c1cccc(-c2cc3c(N(C)CC4CCOCC4)ncnc3[nH]2)c1. The van der Waals surface area contributed by atoms with Crippen molar-refractivity contribution in [2.75, 3.05) is 38.8 Å². The lowest BCUT2D eigenvalue weighted by molar-refractivity contribution is 0.0600. The Morgan fingerprint density at radius 1 is 1.29 bits per heavy atom. The molecule has 1 N–H and O–H groups in total. The molecule has 7 heteroatoms. The van der Waals surface area contributed by atoms with Crippen LogP contribution in [0.15, 0.2) is 36.7 Å². The molecule has 0 spiro atoms. The van der Waals surface area contributed by atoms with Crippen LogP contribution >= 0.6 is 0 Å². The van der Waals surface area contributed by atoms with Crippen molar-refractivity contribution in [2.45, 2.75) is 12.8 Å². The van der Waals surface area contributed by atoms with E-state index in [4.69, 9.17) is 9.47 Å². The monoisotopic (exact) mass is 380 g/mol.